The number of carbonyl (C=O) groups excluding carboxylic acids is 2. The number of hydrogen-bond acceptors (Lipinski definition) is 5. The van der Waals surface area contributed by atoms with Crippen molar-refractivity contribution in [3.05, 3.63) is 41.1 Å². The smallest absolute Gasteiger partial charge is 0.259 e. The van der Waals surface area contributed by atoms with Crippen molar-refractivity contribution in [1.82, 2.24) is 5.32 Å². The topological polar surface area (TPSA) is 88.2 Å². The van der Waals surface area contributed by atoms with Gasteiger partial charge in [0.05, 0.1) is 18.4 Å². The van der Waals surface area contributed by atoms with Crippen LogP contribution < -0.4 is 10.1 Å². The largest absolute Gasteiger partial charge is 0.493 e. The second-order valence-electron chi connectivity index (χ2n) is 4.86. The first-order valence-corrected chi connectivity index (χ1v) is 6.36. The number of aliphatic hydroxyl groups excluding tert-OH is 1. The molecule has 8 heteroatoms. The summed E-state index contributed by atoms with van der Waals surface area (Å²) in [5.74, 6) is -4.23. The highest BCUT2D eigenvalue weighted by Crippen LogP contribution is 2.34. The number of amides is 1. The zero-order valence-corrected chi connectivity index (χ0v) is 11.3. The molecule has 0 aromatic heterocycles. The van der Waals surface area contributed by atoms with Gasteiger partial charge in [-0.3, -0.25) is 9.59 Å². The van der Waals surface area contributed by atoms with Crippen molar-refractivity contribution in [2.45, 2.75) is 18.3 Å². The first-order valence-electron chi connectivity index (χ1n) is 6.36. The van der Waals surface area contributed by atoms with Crippen LogP contribution >= 0.6 is 0 Å². The number of halogens is 2. The third-order valence-corrected chi connectivity index (χ3v) is 3.49. The molecule has 2 N–H and O–H groups in total. The van der Waals surface area contributed by atoms with E-state index in [1.807, 2.05) is 0 Å². The minimum Gasteiger partial charge on any atom is -0.493 e. The molecule has 1 aliphatic carbocycles. The second kappa shape index (κ2) is 5.15. The summed E-state index contributed by atoms with van der Waals surface area (Å²) < 4.78 is 36.4. The van der Waals surface area contributed by atoms with Crippen molar-refractivity contribution in [2.75, 3.05) is 7.11 Å². The lowest BCUT2D eigenvalue weighted by atomic mass is 10.0. The fourth-order valence-corrected chi connectivity index (χ4v) is 2.31. The van der Waals surface area contributed by atoms with Gasteiger partial charge in [0.25, 0.3) is 5.91 Å². The van der Waals surface area contributed by atoms with Crippen LogP contribution in [0.15, 0.2) is 23.9 Å². The van der Waals surface area contributed by atoms with Crippen molar-refractivity contribution >= 4 is 11.7 Å². The summed E-state index contributed by atoms with van der Waals surface area (Å²) in [6, 6.07) is 1.82. The maximum atomic E-state index is 13.6. The molecule has 1 heterocycles. The van der Waals surface area contributed by atoms with Crippen LogP contribution in [-0.2, 0) is 9.53 Å². The molecule has 1 aromatic carbocycles. The average Bonchev–Trinajstić information content (AvgIpc) is 3.28. The number of ketones is 1. The SMILES string of the molecule is COc1c(C(=O)NC2=CC(=O)C3OC3C2O)ccc(F)c1F. The summed E-state index contributed by atoms with van der Waals surface area (Å²) >= 11 is 0. The van der Waals surface area contributed by atoms with Gasteiger partial charge in [0.15, 0.2) is 17.3 Å². The first kappa shape index (κ1) is 14.6. The number of methoxy groups -OCH3 is 1. The summed E-state index contributed by atoms with van der Waals surface area (Å²) in [5.41, 5.74) is -0.318. The van der Waals surface area contributed by atoms with E-state index in [0.29, 0.717) is 0 Å². The van der Waals surface area contributed by atoms with E-state index in [-0.39, 0.29) is 17.0 Å². The normalized spacial score (nSPS) is 26.1. The molecule has 22 heavy (non-hydrogen) atoms. The number of nitrogens with one attached hydrogen (secondary N) is 1. The third kappa shape index (κ3) is 2.26. The Hall–Kier alpha value is -2.32. The first-order chi connectivity index (χ1) is 10.4. The number of fused-ring (bicyclic) bond motifs is 1. The standard InChI is InChI=1S/C14H11F2NO5/c1-21-11-5(2-3-6(15)9(11)16)14(20)17-7-4-8(18)12-13(22-12)10(7)19/h2-4,10,12-13,19H,1H3,(H,17,20). The van der Waals surface area contributed by atoms with Crippen molar-refractivity contribution in [3.63, 3.8) is 0 Å². The Kier molecular flexibility index (Phi) is 3.42. The fourth-order valence-electron chi connectivity index (χ4n) is 2.31. The summed E-state index contributed by atoms with van der Waals surface area (Å²) in [6.07, 6.45) is -1.46. The van der Waals surface area contributed by atoms with Crippen LogP contribution in [0.2, 0.25) is 0 Å². The Morgan fingerprint density at radius 3 is 2.82 bits per heavy atom. The third-order valence-electron chi connectivity index (χ3n) is 3.49. The van der Waals surface area contributed by atoms with Gasteiger partial charge in [-0.2, -0.15) is 4.39 Å². The van der Waals surface area contributed by atoms with E-state index in [4.69, 9.17) is 9.47 Å². The molecule has 6 nitrogen and oxygen atoms in total. The Labute approximate surface area is 123 Å². The molecular formula is C14H11F2NO5. The predicted molar refractivity (Wildman–Crippen MR) is 68.1 cm³/mol. The molecular weight excluding hydrogens is 300 g/mol. The van der Waals surface area contributed by atoms with Crippen molar-refractivity contribution in [2.24, 2.45) is 0 Å². The monoisotopic (exact) mass is 311 g/mol. The lowest BCUT2D eigenvalue weighted by Gasteiger charge is -2.18. The van der Waals surface area contributed by atoms with Crippen molar-refractivity contribution < 1.29 is 33.0 Å². The maximum Gasteiger partial charge on any atom is 0.259 e. The van der Waals surface area contributed by atoms with Crippen LogP contribution in [0.1, 0.15) is 10.4 Å². The Morgan fingerprint density at radius 2 is 2.14 bits per heavy atom. The van der Waals surface area contributed by atoms with Crippen LogP contribution in [0.5, 0.6) is 5.75 Å². The predicted octanol–water partition coefficient (Wildman–Crippen LogP) is 0.298. The van der Waals surface area contributed by atoms with E-state index in [0.717, 1.165) is 25.3 Å². The van der Waals surface area contributed by atoms with Crippen LogP contribution in [0.3, 0.4) is 0 Å². The molecule has 1 aliphatic heterocycles. The molecule has 0 radical (unpaired) electrons. The fraction of sp³-hybridized carbons (Fsp3) is 0.286. The van der Waals surface area contributed by atoms with Gasteiger partial charge in [-0.15, -0.1) is 0 Å². The molecule has 1 saturated heterocycles. The van der Waals surface area contributed by atoms with Gasteiger partial charge in [-0.25, -0.2) is 4.39 Å². The number of ether oxygens (including phenoxy) is 2. The highest BCUT2D eigenvalue weighted by atomic mass is 19.2. The minimum atomic E-state index is -1.30. The summed E-state index contributed by atoms with van der Waals surface area (Å²) in [5, 5.41) is 12.2. The molecule has 3 unspecified atom stereocenters. The van der Waals surface area contributed by atoms with Gasteiger partial charge in [0.2, 0.25) is 5.82 Å². The number of epoxide rings is 1. The molecule has 116 valence electrons. The molecule has 2 aliphatic rings. The Bertz CT molecular complexity index is 703. The molecule has 1 amide bonds. The zero-order valence-electron chi connectivity index (χ0n) is 11.3. The lowest BCUT2D eigenvalue weighted by molar-refractivity contribution is -0.116. The van der Waals surface area contributed by atoms with E-state index in [9.17, 15) is 23.5 Å². The Morgan fingerprint density at radius 1 is 1.41 bits per heavy atom. The number of hydrogen-bond donors (Lipinski definition) is 2. The van der Waals surface area contributed by atoms with Gasteiger partial charge >= 0.3 is 0 Å². The highest BCUT2D eigenvalue weighted by Gasteiger charge is 2.53. The molecule has 0 spiro atoms. The highest BCUT2D eigenvalue weighted by molar-refractivity contribution is 6.01. The Balaban J connectivity index is 1.86. The van der Waals surface area contributed by atoms with Gasteiger partial charge < -0.3 is 19.9 Å². The van der Waals surface area contributed by atoms with E-state index in [1.165, 1.54) is 0 Å². The van der Waals surface area contributed by atoms with Gasteiger partial charge in [-0.1, -0.05) is 0 Å². The second-order valence-corrected chi connectivity index (χ2v) is 4.86. The molecule has 0 bridgehead atoms. The number of aliphatic hydroxyl groups is 1. The van der Waals surface area contributed by atoms with E-state index >= 15 is 0 Å². The van der Waals surface area contributed by atoms with E-state index < -0.39 is 41.6 Å². The zero-order chi connectivity index (χ0) is 16.0. The van der Waals surface area contributed by atoms with Crippen molar-refractivity contribution in [3.8, 4) is 5.75 Å². The van der Waals surface area contributed by atoms with Crippen LogP contribution in [0.4, 0.5) is 8.78 Å². The van der Waals surface area contributed by atoms with Gasteiger partial charge in [-0.05, 0) is 12.1 Å². The average molecular weight is 311 g/mol. The van der Waals surface area contributed by atoms with E-state index in [2.05, 4.69) is 5.32 Å². The summed E-state index contributed by atoms with van der Waals surface area (Å²) in [7, 11) is 1.09. The van der Waals surface area contributed by atoms with Crippen LogP contribution in [0, 0.1) is 11.6 Å². The number of rotatable bonds is 3. The van der Waals surface area contributed by atoms with Crippen molar-refractivity contribution in [1.29, 1.82) is 0 Å². The van der Waals surface area contributed by atoms with Crippen LogP contribution in [0.25, 0.3) is 0 Å². The molecule has 1 aromatic rings. The molecule has 3 atom stereocenters. The van der Waals surface area contributed by atoms with Crippen LogP contribution in [-0.4, -0.2) is 42.2 Å². The molecule has 3 rings (SSSR count). The summed E-state index contributed by atoms with van der Waals surface area (Å²) in [6.45, 7) is 0. The lowest BCUT2D eigenvalue weighted by Crippen LogP contribution is -2.37. The van der Waals surface area contributed by atoms with E-state index in [1.54, 1.807) is 0 Å². The maximum absolute atomic E-state index is 13.6. The van der Waals surface area contributed by atoms with Gasteiger partial charge in [0.1, 0.15) is 18.3 Å². The quantitative estimate of drug-likeness (QED) is 0.784. The van der Waals surface area contributed by atoms with Gasteiger partial charge in [0, 0.05) is 6.08 Å². The molecule has 1 fully saturated rings. The number of carbonyl (C=O) groups is 2. The molecule has 0 saturated carbocycles. The number of benzene rings is 1. The summed E-state index contributed by atoms with van der Waals surface area (Å²) in [4.78, 5) is 23.7. The minimum absolute atomic E-state index is 0.0551.